The van der Waals surface area contributed by atoms with Crippen LogP contribution in [0.4, 0.5) is 15.8 Å². The van der Waals surface area contributed by atoms with Crippen molar-refractivity contribution in [2.45, 2.75) is 26.4 Å². The van der Waals surface area contributed by atoms with E-state index in [1.54, 1.807) is 23.5 Å². The topological polar surface area (TPSA) is 54.5 Å². The molecular weight excluding hydrogens is 413 g/mol. The predicted molar refractivity (Wildman–Crippen MR) is 123 cm³/mol. The second-order valence-electron chi connectivity index (χ2n) is 7.37. The Labute approximate surface area is 185 Å². The molecule has 0 bridgehead atoms. The van der Waals surface area contributed by atoms with Crippen LogP contribution in [0.25, 0.3) is 6.08 Å². The van der Waals surface area contributed by atoms with Gasteiger partial charge < -0.3 is 15.0 Å². The Balaban J connectivity index is 1.40. The first-order valence-electron chi connectivity index (χ1n) is 10.2. The Hall–Kier alpha value is -3.19. The molecule has 1 amide bonds. The van der Waals surface area contributed by atoms with Gasteiger partial charge in [0.25, 0.3) is 0 Å². The molecule has 2 heterocycles. The van der Waals surface area contributed by atoms with Gasteiger partial charge in [0, 0.05) is 24.5 Å². The number of anilines is 2. The number of carbonyl (C=O) groups is 1. The van der Waals surface area contributed by atoms with Gasteiger partial charge in [0.15, 0.2) is 0 Å². The number of ether oxygens (including phenoxy) is 1. The van der Waals surface area contributed by atoms with E-state index in [0.717, 1.165) is 47.9 Å². The van der Waals surface area contributed by atoms with Crippen LogP contribution in [0, 0.1) is 12.7 Å². The SMILES string of the molecule is Cc1nc(COc2cccc(/C=C/C(=O)Nc3c(F)cccc3N3CCCC3)c2)cs1. The Kier molecular flexibility index (Phi) is 6.62. The van der Waals surface area contributed by atoms with Crippen molar-refractivity contribution < 1.29 is 13.9 Å². The Morgan fingerprint density at radius 1 is 1.26 bits per heavy atom. The molecule has 1 saturated heterocycles. The Morgan fingerprint density at radius 2 is 2.06 bits per heavy atom. The van der Waals surface area contributed by atoms with Gasteiger partial charge in [-0.1, -0.05) is 18.2 Å². The van der Waals surface area contributed by atoms with Gasteiger partial charge in [0.05, 0.1) is 16.4 Å². The van der Waals surface area contributed by atoms with Gasteiger partial charge in [-0.3, -0.25) is 4.79 Å². The number of amides is 1. The number of aromatic nitrogens is 1. The lowest BCUT2D eigenvalue weighted by molar-refractivity contribution is -0.111. The molecule has 0 saturated carbocycles. The van der Waals surface area contributed by atoms with Crippen LogP contribution in [0.15, 0.2) is 53.9 Å². The lowest BCUT2D eigenvalue weighted by atomic mass is 10.2. The molecule has 0 spiro atoms. The monoisotopic (exact) mass is 437 g/mol. The molecule has 1 fully saturated rings. The molecule has 1 aliphatic rings. The standard InChI is InChI=1S/C24H24FN3O2S/c1-17-26-19(16-31-17)15-30-20-7-4-6-18(14-20)10-11-23(29)27-24-21(25)8-5-9-22(24)28-12-2-3-13-28/h4-11,14,16H,2-3,12-13,15H2,1H3,(H,27,29)/b11-10+. The first kappa shape index (κ1) is 21.1. The first-order chi connectivity index (χ1) is 15.1. The number of benzene rings is 2. The van der Waals surface area contributed by atoms with Crippen LogP contribution in [0.3, 0.4) is 0 Å². The molecule has 0 atom stereocenters. The van der Waals surface area contributed by atoms with E-state index in [1.807, 2.05) is 42.6 Å². The molecule has 160 valence electrons. The minimum absolute atomic E-state index is 0.231. The number of thiazole rings is 1. The average molecular weight is 438 g/mol. The number of rotatable bonds is 7. The number of hydrogen-bond donors (Lipinski definition) is 1. The maximum absolute atomic E-state index is 14.4. The van der Waals surface area contributed by atoms with Crippen LogP contribution >= 0.6 is 11.3 Å². The van der Waals surface area contributed by atoms with Gasteiger partial charge in [0.1, 0.15) is 23.9 Å². The average Bonchev–Trinajstić information content (AvgIpc) is 3.44. The van der Waals surface area contributed by atoms with Crippen LogP contribution in [-0.4, -0.2) is 24.0 Å². The highest BCUT2D eigenvalue weighted by molar-refractivity contribution is 7.09. The highest BCUT2D eigenvalue weighted by atomic mass is 32.1. The molecule has 4 rings (SSSR count). The fourth-order valence-electron chi connectivity index (χ4n) is 3.53. The summed E-state index contributed by atoms with van der Waals surface area (Å²) in [6.45, 7) is 4.09. The Morgan fingerprint density at radius 3 is 2.84 bits per heavy atom. The number of para-hydroxylation sites is 1. The van der Waals surface area contributed by atoms with Gasteiger partial charge in [-0.05, 0) is 55.7 Å². The minimum Gasteiger partial charge on any atom is -0.487 e. The lowest BCUT2D eigenvalue weighted by Gasteiger charge is -2.21. The van der Waals surface area contributed by atoms with Crippen molar-refractivity contribution in [1.82, 2.24) is 4.98 Å². The van der Waals surface area contributed by atoms with Crippen molar-refractivity contribution in [3.8, 4) is 5.75 Å². The maximum Gasteiger partial charge on any atom is 0.248 e. The molecule has 7 heteroatoms. The quantitative estimate of drug-likeness (QED) is 0.502. The van der Waals surface area contributed by atoms with E-state index < -0.39 is 5.82 Å². The van der Waals surface area contributed by atoms with Crippen LogP contribution in [0.2, 0.25) is 0 Å². The van der Waals surface area contributed by atoms with Gasteiger partial charge in [-0.25, -0.2) is 9.37 Å². The second kappa shape index (κ2) is 9.75. The molecule has 0 unspecified atom stereocenters. The van der Waals surface area contributed by atoms with Crippen molar-refractivity contribution in [3.05, 3.63) is 76.0 Å². The number of aryl methyl sites for hydroxylation is 1. The highest BCUT2D eigenvalue weighted by Crippen LogP contribution is 2.31. The smallest absolute Gasteiger partial charge is 0.248 e. The summed E-state index contributed by atoms with van der Waals surface area (Å²) in [5, 5.41) is 5.69. The van der Waals surface area contributed by atoms with Crippen molar-refractivity contribution in [2.24, 2.45) is 0 Å². The normalized spacial score (nSPS) is 13.7. The first-order valence-corrected chi connectivity index (χ1v) is 11.1. The third kappa shape index (κ3) is 5.49. The van der Waals surface area contributed by atoms with Crippen molar-refractivity contribution in [2.75, 3.05) is 23.3 Å². The second-order valence-corrected chi connectivity index (χ2v) is 8.43. The van der Waals surface area contributed by atoms with Gasteiger partial charge in [-0.2, -0.15) is 0 Å². The molecule has 1 aliphatic heterocycles. The molecular formula is C24H24FN3O2S. The highest BCUT2D eigenvalue weighted by Gasteiger charge is 2.19. The number of nitrogens with one attached hydrogen (secondary N) is 1. The zero-order valence-corrected chi connectivity index (χ0v) is 18.1. The van der Waals surface area contributed by atoms with E-state index in [0.29, 0.717) is 12.4 Å². The largest absolute Gasteiger partial charge is 0.487 e. The van der Waals surface area contributed by atoms with Gasteiger partial charge in [-0.15, -0.1) is 11.3 Å². The lowest BCUT2D eigenvalue weighted by Crippen LogP contribution is -2.21. The summed E-state index contributed by atoms with van der Waals surface area (Å²) < 4.78 is 20.2. The summed E-state index contributed by atoms with van der Waals surface area (Å²) in [7, 11) is 0. The third-order valence-electron chi connectivity index (χ3n) is 5.03. The summed E-state index contributed by atoms with van der Waals surface area (Å²) in [6, 6.07) is 12.3. The van der Waals surface area contributed by atoms with Gasteiger partial charge >= 0.3 is 0 Å². The van der Waals surface area contributed by atoms with E-state index in [4.69, 9.17) is 4.74 Å². The molecule has 0 radical (unpaired) electrons. The third-order valence-corrected chi connectivity index (χ3v) is 5.85. The molecule has 31 heavy (non-hydrogen) atoms. The van der Waals surface area contributed by atoms with E-state index in [2.05, 4.69) is 15.2 Å². The van der Waals surface area contributed by atoms with Crippen LogP contribution in [-0.2, 0) is 11.4 Å². The molecule has 2 aromatic carbocycles. The molecule has 5 nitrogen and oxygen atoms in total. The maximum atomic E-state index is 14.4. The summed E-state index contributed by atoms with van der Waals surface area (Å²) in [6.07, 6.45) is 5.24. The molecule has 1 N–H and O–H groups in total. The number of carbonyl (C=O) groups excluding carboxylic acids is 1. The number of nitrogens with zero attached hydrogens (tertiary/aromatic N) is 2. The fraction of sp³-hybridized carbons (Fsp3) is 0.250. The summed E-state index contributed by atoms with van der Waals surface area (Å²) in [5.74, 6) is -0.118. The number of halogens is 1. The summed E-state index contributed by atoms with van der Waals surface area (Å²) >= 11 is 1.59. The fourth-order valence-corrected chi connectivity index (χ4v) is 4.13. The zero-order valence-electron chi connectivity index (χ0n) is 17.3. The van der Waals surface area contributed by atoms with Crippen LogP contribution in [0.5, 0.6) is 5.75 Å². The number of hydrogen-bond acceptors (Lipinski definition) is 5. The molecule has 3 aromatic rings. The van der Waals surface area contributed by atoms with E-state index in [-0.39, 0.29) is 11.6 Å². The van der Waals surface area contributed by atoms with Gasteiger partial charge in [0.2, 0.25) is 5.91 Å². The summed E-state index contributed by atoms with van der Waals surface area (Å²) in [5.41, 5.74) is 2.67. The minimum atomic E-state index is -0.432. The van der Waals surface area contributed by atoms with Crippen molar-refractivity contribution >= 4 is 34.7 Å². The summed E-state index contributed by atoms with van der Waals surface area (Å²) in [4.78, 5) is 19.0. The van der Waals surface area contributed by atoms with E-state index >= 15 is 0 Å². The van der Waals surface area contributed by atoms with Crippen molar-refractivity contribution in [3.63, 3.8) is 0 Å². The Bertz CT molecular complexity index is 1090. The van der Waals surface area contributed by atoms with E-state index in [9.17, 15) is 9.18 Å². The van der Waals surface area contributed by atoms with Crippen LogP contribution < -0.4 is 15.0 Å². The zero-order chi connectivity index (χ0) is 21.6. The van der Waals surface area contributed by atoms with E-state index in [1.165, 1.54) is 12.1 Å². The molecule has 0 aliphatic carbocycles. The van der Waals surface area contributed by atoms with Crippen LogP contribution in [0.1, 0.15) is 29.1 Å². The molecule has 1 aromatic heterocycles. The predicted octanol–water partition coefficient (Wildman–Crippen LogP) is 5.42. The van der Waals surface area contributed by atoms with Crippen molar-refractivity contribution in [1.29, 1.82) is 0 Å².